The van der Waals surface area contributed by atoms with Crippen molar-refractivity contribution in [2.75, 3.05) is 11.3 Å². The molecule has 0 aliphatic carbocycles. The van der Waals surface area contributed by atoms with E-state index in [0.717, 1.165) is 4.68 Å². The number of nitrogens with zero attached hydrogens (tertiary/aromatic N) is 5. The van der Waals surface area contributed by atoms with Crippen LogP contribution < -0.4 is 11.3 Å². The lowest BCUT2D eigenvalue weighted by Gasteiger charge is -1.98. The van der Waals surface area contributed by atoms with E-state index in [0.29, 0.717) is 5.56 Å². The average Bonchev–Trinajstić information content (AvgIpc) is 2.77. The molecule has 1 heterocycles. The first kappa shape index (κ1) is 12.8. The van der Waals surface area contributed by atoms with Crippen molar-refractivity contribution in [2.45, 2.75) is 0 Å². The zero-order chi connectivity index (χ0) is 13.8. The largest absolute Gasteiger partial charge is 0.335 e. The molecule has 2 aromatic rings. The first-order chi connectivity index (χ1) is 9.08. The quantitative estimate of drug-likeness (QED) is 0.373. The zero-order valence-electron chi connectivity index (χ0n) is 9.39. The van der Waals surface area contributed by atoms with E-state index in [1.807, 2.05) is 0 Å². The number of nitrogens with one attached hydrogen (secondary N) is 1. The lowest BCUT2D eigenvalue weighted by atomic mass is 10.2. The Hall–Kier alpha value is -2.68. The van der Waals surface area contributed by atoms with Gasteiger partial charge < -0.3 is 5.84 Å². The van der Waals surface area contributed by atoms with E-state index in [-0.39, 0.29) is 16.7 Å². The predicted octanol–water partition coefficient (Wildman–Crippen LogP) is 0.999. The summed E-state index contributed by atoms with van der Waals surface area (Å²) in [4.78, 5) is 10.1. The highest BCUT2D eigenvalue weighted by Crippen LogP contribution is 2.24. The summed E-state index contributed by atoms with van der Waals surface area (Å²) in [5.74, 6) is 5.69. The monoisotopic (exact) mass is 281 g/mol. The summed E-state index contributed by atoms with van der Waals surface area (Å²) >= 11 is 5.69. The number of nitro benzene ring substituents is 1. The van der Waals surface area contributed by atoms with Gasteiger partial charge in [-0.3, -0.25) is 10.1 Å². The summed E-state index contributed by atoms with van der Waals surface area (Å²) in [6.45, 7) is 0. The van der Waals surface area contributed by atoms with Gasteiger partial charge in [-0.1, -0.05) is 17.7 Å². The Morgan fingerprint density at radius 1 is 1.58 bits per heavy atom. The van der Waals surface area contributed by atoms with Crippen molar-refractivity contribution in [3.8, 4) is 0 Å². The second-order valence-electron chi connectivity index (χ2n) is 3.40. The lowest BCUT2D eigenvalue weighted by Crippen LogP contribution is -2.10. The molecule has 98 valence electrons. The summed E-state index contributed by atoms with van der Waals surface area (Å²) in [6, 6.07) is 4.32. The van der Waals surface area contributed by atoms with E-state index in [4.69, 9.17) is 17.4 Å². The van der Waals surface area contributed by atoms with Gasteiger partial charge in [-0.2, -0.15) is 5.10 Å². The SMILES string of the molecule is Nn1cnnc1NN=Cc1ccc(Cl)c([N+](=O)[O-])c1. The number of hydrogen-bond acceptors (Lipinski definition) is 7. The molecule has 0 bridgehead atoms. The molecule has 19 heavy (non-hydrogen) atoms. The second kappa shape index (κ2) is 5.31. The highest BCUT2D eigenvalue weighted by Gasteiger charge is 2.11. The first-order valence-corrected chi connectivity index (χ1v) is 5.34. The van der Waals surface area contributed by atoms with E-state index in [1.54, 1.807) is 6.07 Å². The van der Waals surface area contributed by atoms with Gasteiger partial charge in [0.05, 0.1) is 11.1 Å². The number of nitro groups is 1. The van der Waals surface area contributed by atoms with E-state index in [9.17, 15) is 10.1 Å². The molecule has 2 rings (SSSR count). The van der Waals surface area contributed by atoms with Gasteiger partial charge in [0.15, 0.2) is 0 Å². The number of halogens is 1. The summed E-state index contributed by atoms with van der Waals surface area (Å²) in [6.07, 6.45) is 2.67. The smallest absolute Gasteiger partial charge is 0.288 e. The van der Waals surface area contributed by atoms with Crippen molar-refractivity contribution in [1.82, 2.24) is 14.9 Å². The van der Waals surface area contributed by atoms with Crippen LogP contribution in [0.15, 0.2) is 29.6 Å². The Balaban J connectivity index is 2.13. The summed E-state index contributed by atoms with van der Waals surface area (Å²) < 4.78 is 1.14. The maximum absolute atomic E-state index is 10.7. The highest BCUT2D eigenvalue weighted by atomic mass is 35.5. The van der Waals surface area contributed by atoms with Crippen molar-refractivity contribution in [3.05, 3.63) is 45.2 Å². The maximum Gasteiger partial charge on any atom is 0.288 e. The van der Waals surface area contributed by atoms with E-state index >= 15 is 0 Å². The number of rotatable bonds is 4. The van der Waals surface area contributed by atoms with E-state index in [1.165, 1.54) is 24.7 Å². The van der Waals surface area contributed by atoms with Crippen LogP contribution in [0.4, 0.5) is 11.6 Å². The third-order valence-electron chi connectivity index (χ3n) is 2.12. The minimum Gasteiger partial charge on any atom is -0.335 e. The summed E-state index contributed by atoms with van der Waals surface area (Å²) in [7, 11) is 0. The van der Waals surface area contributed by atoms with Crippen LogP contribution in [0.2, 0.25) is 5.02 Å². The zero-order valence-corrected chi connectivity index (χ0v) is 10.2. The Morgan fingerprint density at radius 2 is 2.37 bits per heavy atom. The molecule has 0 saturated carbocycles. The molecule has 9 nitrogen and oxygen atoms in total. The van der Waals surface area contributed by atoms with Gasteiger partial charge >= 0.3 is 0 Å². The minimum atomic E-state index is -0.566. The van der Waals surface area contributed by atoms with Gasteiger partial charge in [-0.15, -0.1) is 10.2 Å². The highest BCUT2D eigenvalue weighted by molar-refractivity contribution is 6.32. The fourth-order valence-electron chi connectivity index (χ4n) is 1.24. The maximum atomic E-state index is 10.7. The molecule has 10 heteroatoms. The van der Waals surface area contributed by atoms with Crippen LogP contribution >= 0.6 is 11.6 Å². The molecule has 0 amide bonds. The molecule has 0 radical (unpaired) electrons. The molecule has 0 unspecified atom stereocenters. The normalized spacial score (nSPS) is 10.8. The van der Waals surface area contributed by atoms with Crippen molar-refractivity contribution >= 4 is 29.5 Å². The first-order valence-electron chi connectivity index (χ1n) is 4.96. The van der Waals surface area contributed by atoms with Gasteiger partial charge in [0.1, 0.15) is 11.3 Å². The van der Waals surface area contributed by atoms with E-state index < -0.39 is 4.92 Å². The van der Waals surface area contributed by atoms with Gasteiger partial charge in [0.2, 0.25) is 0 Å². The third kappa shape index (κ3) is 2.96. The van der Waals surface area contributed by atoms with Crippen LogP contribution in [0, 0.1) is 10.1 Å². The molecule has 0 aliphatic heterocycles. The predicted molar refractivity (Wildman–Crippen MR) is 69.5 cm³/mol. The van der Waals surface area contributed by atoms with Crippen LogP contribution in [-0.4, -0.2) is 26.0 Å². The van der Waals surface area contributed by atoms with Crippen LogP contribution in [0.3, 0.4) is 0 Å². The summed E-state index contributed by atoms with van der Waals surface area (Å²) in [5, 5.41) is 21.8. The second-order valence-corrected chi connectivity index (χ2v) is 3.81. The number of nitrogen functional groups attached to an aromatic ring is 1. The molecule has 0 saturated heterocycles. The van der Waals surface area contributed by atoms with Crippen molar-refractivity contribution in [2.24, 2.45) is 5.10 Å². The number of hydrazone groups is 1. The molecule has 1 aromatic carbocycles. The van der Waals surface area contributed by atoms with Gasteiger partial charge in [-0.25, -0.2) is 10.1 Å². The van der Waals surface area contributed by atoms with Crippen LogP contribution in [-0.2, 0) is 0 Å². The number of aromatic nitrogens is 3. The molecule has 0 aliphatic rings. The molecule has 0 atom stereocenters. The van der Waals surface area contributed by atoms with Crippen molar-refractivity contribution < 1.29 is 4.92 Å². The van der Waals surface area contributed by atoms with Crippen molar-refractivity contribution in [3.63, 3.8) is 0 Å². The Morgan fingerprint density at radius 3 is 3.00 bits per heavy atom. The third-order valence-corrected chi connectivity index (χ3v) is 2.44. The standard InChI is InChI=1S/C9H8ClN7O2/c10-7-2-1-6(3-8(7)17(18)19)4-12-14-9-15-13-5-16(9)11/h1-5H,11H2,(H,14,15). The minimum absolute atomic E-state index is 0.0665. The molecule has 3 N–H and O–H groups in total. The topological polar surface area (TPSA) is 124 Å². The van der Waals surface area contributed by atoms with Crippen LogP contribution in [0.5, 0.6) is 0 Å². The summed E-state index contributed by atoms with van der Waals surface area (Å²) in [5.41, 5.74) is 2.85. The van der Waals surface area contributed by atoms with Crippen molar-refractivity contribution in [1.29, 1.82) is 0 Å². The van der Waals surface area contributed by atoms with Gasteiger partial charge in [0, 0.05) is 11.6 Å². The molecule has 0 fully saturated rings. The van der Waals surface area contributed by atoms with Gasteiger partial charge in [-0.05, 0) is 6.07 Å². The Bertz CT molecular complexity index is 639. The van der Waals surface area contributed by atoms with Crippen LogP contribution in [0.25, 0.3) is 0 Å². The van der Waals surface area contributed by atoms with Gasteiger partial charge in [0.25, 0.3) is 11.6 Å². The number of nitrogens with two attached hydrogens (primary N) is 1. The molecular weight excluding hydrogens is 274 g/mol. The number of hydrogen-bond donors (Lipinski definition) is 2. The fraction of sp³-hybridized carbons (Fsp3) is 0. The molecule has 0 spiro atoms. The number of benzene rings is 1. The molecular formula is C9H8ClN7O2. The van der Waals surface area contributed by atoms with E-state index in [2.05, 4.69) is 20.7 Å². The number of anilines is 1. The average molecular weight is 282 g/mol. The lowest BCUT2D eigenvalue weighted by molar-refractivity contribution is -0.384. The Kier molecular flexibility index (Phi) is 3.57. The van der Waals surface area contributed by atoms with Crippen LogP contribution in [0.1, 0.15) is 5.56 Å². The Labute approximate surface area is 111 Å². The molecule has 1 aromatic heterocycles. The fourth-order valence-corrected chi connectivity index (χ4v) is 1.42.